The van der Waals surface area contributed by atoms with Crippen LogP contribution in [-0.4, -0.2) is 19.1 Å². The molecule has 16 heavy (non-hydrogen) atoms. The summed E-state index contributed by atoms with van der Waals surface area (Å²) in [6.45, 7) is 2.99. The number of hydrogen-bond acceptors (Lipinski definition) is 2. The SMILES string of the molecule is CCOCCC(=O)Nc1ccc(Br)cc1Br. The highest BCUT2D eigenvalue weighted by Crippen LogP contribution is 2.26. The third-order valence-electron chi connectivity index (χ3n) is 1.88. The van der Waals surface area contributed by atoms with E-state index in [2.05, 4.69) is 37.2 Å². The third-order valence-corrected chi connectivity index (χ3v) is 3.03. The summed E-state index contributed by atoms with van der Waals surface area (Å²) in [5.41, 5.74) is 0.768. The molecule has 1 N–H and O–H groups in total. The van der Waals surface area contributed by atoms with E-state index in [1.807, 2.05) is 25.1 Å². The van der Waals surface area contributed by atoms with Gasteiger partial charge in [-0.3, -0.25) is 4.79 Å². The van der Waals surface area contributed by atoms with Crippen LogP contribution in [0.1, 0.15) is 13.3 Å². The Bertz CT molecular complexity index is 369. The van der Waals surface area contributed by atoms with Crippen molar-refractivity contribution in [3.05, 3.63) is 27.1 Å². The molecule has 0 heterocycles. The van der Waals surface area contributed by atoms with Crippen molar-refractivity contribution < 1.29 is 9.53 Å². The summed E-state index contributed by atoms with van der Waals surface area (Å²) in [6, 6.07) is 5.60. The topological polar surface area (TPSA) is 38.3 Å². The predicted octanol–water partition coefficient (Wildman–Crippen LogP) is 3.58. The van der Waals surface area contributed by atoms with Crippen LogP contribution in [0.4, 0.5) is 5.69 Å². The molecule has 0 aliphatic heterocycles. The molecule has 0 aromatic heterocycles. The van der Waals surface area contributed by atoms with Gasteiger partial charge in [0.05, 0.1) is 18.7 Å². The molecule has 3 nitrogen and oxygen atoms in total. The van der Waals surface area contributed by atoms with Crippen molar-refractivity contribution in [2.45, 2.75) is 13.3 Å². The van der Waals surface area contributed by atoms with E-state index >= 15 is 0 Å². The standard InChI is InChI=1S/C11H13Br2NO2/c1-2-16-6-5-11(15)14-10-4-3-8(12)7-9(10)13/h3-4,7H,2,5-6H2,1H3,(H,14,15). The number of carbonyl (C=O) groups excluding carboxylic acids is 1. The van der Waals surface area contributed by atoms with Crippen LogP contribution in [0.5, 0.6) is 0 Å². The van der Waals surface area contributed by atoms with E-state index in [1.54, 1.807) is 0 Å². The molecule has 0 radical (unpaired) electrons. The maximum absolute atomic E-state index is 11.5. The Labute approximate surface area is 112 Å². The average Bonchev–Trinajstić information content (AvgIpc) is 2.23. The Balaban J connectivity index is 2.49. The fourth-order valence-corrected chi connectivity index (χ4v) is 2.26. The van der Waals surface area contributed by atoms with E-state index in [0.29, 0.717) is 19.6 Å². The van der Waals surface area contributed by atoms with Gasteiger partial charge in [-0.2, -0.15) is 0 Å². The van der Waals surface area contributed by atoms with E-state index in [1.165, 1.54) is 0 Å². The van der Waals surface area contributed by atoms with Crippen molar-refractivity contribution in [3.63, 3.8) is 0 Å². The molecule has 1 aromatic rings. The van der Waals surface area contributed by atoms with Gasteiger partial charge in [0.25, 0.3) is 0 Å². The zero-order chi connectivity index (χ0) is 12.0. The molecular weight excluding hydrogens is 338 g/mol. The maximum atomic E-state index is 11.5. The van der Waals surface area contributed by atoms with Crippen molar-refractivity contribution in [1.82, 2.24) is 0 Å². The molecular formula is C11H13Br2NO2. The van der Waals surface area contributed by atoms with Crippen LogP contribution in [0.2, 0.25) is 0 Å². The highest BCUT2D eigenvalue weighted by molar-refractivity contribution is 9.11. The third kappa shape index (κ3) is 4.63. The largest absolute Gasteiger partial charge is 0.381 e. The van der Waals surface area contributed by atoms with E-state index in [4.69, 9.17) is 4.74 Å². The second kappa shape index (κ2) is 7.04. The lowest BCUT2D eigenvalue weighted by molar-refractivity contribution is -0.117. The van der Waals surface area contributed by atoms with Gasteiger partial charge >= 0.3 is 0 Å². The molecule has 0 bridgehead atoms. The number of ether oxygens (including phenoxy) is 1. The van der Waals surface area contributed by atoms with E-state index in [0.717, 1.165) is 14.6 Å². The average molecular weight is 351 g/mol. The van der Waals surface area contributed by atoms with Crippen molar-refractivity contribution >= 4 is 43.5 Å². The van der Waals surface area contributed by atoms with E-state index in [-0.39, 0.29) is 5.91 Å². The summed E-state index contributed by atoms with van der Waals surface area (Å²) in [5, 5.41) is 2.81. The van der Waals surface area contributed by atoms with Crippen molar-refractivity contribution in [1.29, 1.82) is 0 Å². The lowest BCUT2D eigenvalue weighted by Gasteiger charge is -2.07. The molecule has 0 fully saturated rings. The lowest BCUT2D eigenvalue weighted by atomic mass is 10.3. The summed E-state index contributed by atoms with van der Waals surface area (Å²) in [4.78, 5) is 11.5. The van der Waals surface area contributed by atoms with Crippen LogP contribution in [0.15, 0.2) is 27.1 Å². The molecule has 1 aromatic carbocycles. The highest BCUT2D eigenvalue weighted by atomic mass is 79.9. The Hall–Kier alpha value is -0.390. The minimum atomic E-state index is -0.0449. The van der Waals surface area contributed by atoms with Crippen molar-refractivity contribution in [3.8, 4) is 0 Å². The van der Waals surface area contributed by atoms with E-state index in [9.17, 15) is 4.79 Å². The van der Waals surface area contributed by atoms with Crippen LogP contribution in [0.3, 0.4) is 0 Å². The number of benzene rings is 1. The number of nitrogens with one attached hydrogen (secondary N) is 1. The first-order valence-electron chi connectivity index (χ1n) is 4.96. The first kappa shape index (κ1) is 13.7. The number of halogens is 2. The van der Waals surface area contributed by atoms with Crippen LogP contribution in [-0.2, 0) is 9.53 Å². The first-order valence-corrected chi connectivity index (χ1v) is 6.54. The number of amides is 1. The summed E-state index contributed by atoms with van der Waals surface area (Å²) in [7, 11) is 0. The van der Waals surface area contributed by atoms with Crippen LogP contribution in [0.25, 0.3) is 0 Å². The minimum Gasteiger partial charge on any atom is -0.381 e. The zero-order valence-electron chi connectivity index (χ0n) is 8.93. The molecule has 1 rings (SSSR count). The molecule has 0 aliphatic carbocycles. The second-order valence-electron chi connectivity index (χ2n) is 3.12. The zero-order valence-corrected chi connectivity index (χ0v) is 12.1. The monoisotopic (exact) mass is 349 g/mol. The van der Waals surface area contributed by atoms with Gasteiger partial charge in [-0.15, -0.1) is 0 Å². The minimum absolute atomic E-state index is 0.0449. The molecule has 0 unspecified atom stereocenters. The molecule has 1 amide bonds. The van der Waals surface area contributed by atoms with Crippen LogP contribution < -0.4 is 5.32 Å². The van der Waals surface area contributed by atoms with Gasteiger partial charge in [0.15, 0.2) is 0 Å². The van der Waals surface area contributed by atoms with Crippen molar-refractivity contribution in [2.24, 2.45) is 0 Å². The van der Waals surface area contributed by atoms with Gasteiger partial charge in [-0.05, 0) is 41.1 Å². The second-order valence-corrected chi connectivity index (χ2v) is 4.89. The van der Waals surface area contributed by atoms with Crippen LogP contribution in [0, 0.1) is 0 Å². The van der Waals surface area contributed by atoms with Gasteiger partial charge in [-0.25, -0.2) is 0 Å². The Morgan fingerprint density at radius 2 is 2.19 bits per heavy atom. The Morgan fingerprint density at radius 1 is 1.44 bits per heavy atom. The molecule has 88 valence electrons. The molecule has 0 saturated carbocycles. The number of hydrogen-bond donors (Lipinski definition) is 1. The number of anilines is 1. The smallest absolute Gasteiger partial charge is 0.226 e. The lowest BCUT2D eigenvalue weighted by Crippen LogP contribution is -2.14. The van der Waals surface area contributed by atoms with E-state index < -0.39 is 0 Å². The Kier molecular flexibility index (Phi) is 6.01. The molecule has 0 spiro atoms. The molecule has 0 atom stereocenters. The first-order chi connectivity index (χ1) is 7.63. The predicted molar refractivity (Wildman–Crippen MR) is 71.6 cm³/mol. The summed E-state index contributed by atoms with van der Waals surface area (Å²) in [6.07, 6.45) is 0.371. The fourth-order valence-electron chi connectivity index (χ4n) is 1.11. The summed E-state index contributed by atoms with van der Waals surface area (Å²) < 4.78 is 6.93. The number of carbonyl (C=O) groups is 1. The summed E-state index contributed by atoms with van der Waals surface area (Å²) in [5.74, 6) is -0.0449. The number of rotatable bonds is 5. The summed E-state index contributed by atoms with van der Waals surface area (Å²) >= 11 is 6.73. The van der Waals surface area contributed by atoms with Crippen LogP contribution >= 0.6 is 31.9 Å². The molecule has 5 heteroatoms. The van der Waals surface area contributed by atoms with Gasteiger partial charge in [0, 0.05) is 15.6 Å². The highest BCUT2D eigenvalue weighted by Gasteiger charge is 2.05. The Morgan fingerprint density at radius 3 is 2.81 bits per heavy atom. The van der Waals surface area contributed by atoms with Crippen molar-refractivity contribution in [2.75, 3.05) is 18.5 Å². The van der Waals surface area contributed by atoms with Gasteiger partial charge in [0.1, 0.15) is 0 Å². The fraction of sp³-hybridized carbons (Fsp3) is 0.364. The van der Waals surface area contributed by atoms with Gasteiger partial charge in [-0.1, -0.05) is 15.9 Å². The van der Waals surface area contributed by atoms with Gasteiger partial charge < -0.3 is 10.1 Å². The normalized spacial score (nSPS) is 10.2. The molecule has 0 saturated heterocycles. The maximum Gasteiger partial charge on any atom is 0.226 e. The molecule has 0 aliphatic rings. The van der Waals surface area contributed by atoms with Gasteiger partial charge in [0.2, 0.25) is 5.91 Å². The quantitative estimate of drug-likeness (QED) is 0.824.